The first-order valence-corrected chi connectivity index (χ1v) is 7.25. The van der Waals surface area contributed by atoms with Crippen LogP contribution in [0.2, 0.25) is 0 Å². The number of hydrogen-bond acceptors (Lipinski definition) is 3. The molecular formula is C14H20F4O3. The van der Waals surface area contributed by atoms with Gasteiger partial charge in [0, 0.05) is 12.5 Å². The molecule has 1 saturated heterocycles. The summed E-state index contributed by atoms with van der Waals surface area (Å²) in [5, 5.41) is 0. The van der Waals surface area contributed by atoms with E-state index in [1.807, 2.05) is 0 Å². The molecule has 1 aliphatic heterocycles. The van der Waals surface area contributed by atoms with Gasteiger partial charge in [0.05, 0.1) is 5.60 Å². The normalized spacial score (nSPS) is 25.7. The number of rotatable bonds is 6. The van der Waals surface area contributed by atoms with Crippen molar-refractivity contribution in [1.82, 2.24) is 0 Å². The predicted molar refractivity (Wildman–Crippen MR) is 66.7 cm³/mol. The summed E-state index contributed by atoms with van der Waals surface area (Å²) in [5.41, 5.74) is -0.245. The highest BCUT2D eigenvalue weighted by Crippen LogP contribution is 2.42. The van der Waals surface area contributed by atoms with Crippen LogP contribution in [0.1, 0.15) is 38.5 Å². The van der Waals surface area contributed by atoms with E-state index >= 15 is 0 Å². The van der Waals surface area contributed by atoms with Crippen molar-refractivity contribution in [3.05, 3.63) is 0 Å². The molecule has 0 amide bonds. The lowest BCUT2D eigenvalue weighted by Gasteiger charge is -2.37. The summed E-state index contributed by atoms with van der Waals surface area (Å²) in [7, 11) is 0. The molecule has 21 heavy (non-hydrogen) atoms. The number of ketones is 1. The van der Waals surface area contributed by atoms with E-state index in [1.165, 1.54) is 0 Å². The summed E-state index contributed by atoms with van der Waals surface area (Å²) in [5.74, 6) is -4.78. The maximum absolute atomic E-state index is 12.7. The Morgan fingerprint density at radius 2 is 2.00 bits per heavy atom. The standard InChI is InChI=1S/C14H20F4O3/c15-12(16)14(17,18)9-20-8-11(19)10-3-6-21-13(7-10)4-1-2-5-13/h10,12H,1-9H2. The summed E-state index contributed by atoms with van der Waals surface area (Å²) < 4.78 is 59.6. The Balaban J connectivity index is 1.78. The molecule has 1 heterocycles. The van der Waals surface area contributed by atoms with Gasteiger partial charge in [-0.05, 0) is 25.7 Å². The van der Waals surface area contributed by atoms with Gasteiger partial charge in [-0.1, -0.05) is 12.8 Å². The zero-order valence-corrected chi connectivity index (χ0v) is 11.8. The van der Waals surface area contributed by atoms with Crippen LogP contribution in [-0.4, -0.2) is 43.6 Å². The fourth-order valence-electron chi connectivity index (χ4n) is 3.14. The Kier molecular flexibility index (Phi) is 5.24. The molecule has 122 valence electrons. The minimum atomic E-state index is -4.21. The second-order valence-electron chi connectivity index (χ2n) is 5.95. The van der Waals surface area contributed by atoms with E-state index in [9.17, 15) is 22.4 Å². The quantitative estimate of drug-likeness (QED) is 0.707. The van der Waals surface area contributed by atoms with Crippen molar-refractivity contribution in [3.8, 4) is 0 Å². The molecule has 3 nitrogen and oxygen atoms in total. The molecule has 0 radical (unpaired) electrons. The molecule has 1 spiro atoms. The highest BCUT2D eigenvalue weighted by Gasteiger charge is 2.43. The first-order valence-electron chi connectivity index (χ1n) is 7.25. The third-order valence-electron chi connectivity index (χ3n) is 4.32. The maximum Gasteiger partial charge on any atom is 0.330 e. The van der Waals surface area contributed by atoms with Crippen LogP contribution in [0.25, 0.3) is 0 Å². The van der Waals surface area contributed by atoms with Gasteiger partial charge in [-0.15, -0.1) is 0 Å². The van der Waals surface area contributed by atoms with Crippen LogP contribution >= 0.6 is 0 Å². The Bertz CT molecular complexity index is 367. The lowest BCUT2D eigenvalue weighted by molar-refractivity contribution is -0.170. The second kappa shape index (κ2) is 6.60. The van der Waals surface area contributed by atoms with Crippen molar-refractivity contribution in [2.75, 3.05) is 19.8 Å². The summed E-state index contributed by atoms with van der Waals surface area (Å²) >= 11 is 0. The zero-order valence-electron chi connectivity index (χ0n) is 11.8. The molecular weight excluding hydrogens is 292 g/mol. The molecule has 0 aromatic rings. The zero-order chi connectivity index (χ0) is 15.5. The van der Waals surface area contributed by atoms with E-state index in [4.69, 9.17) is 4.74 Å². The fourth-order valence-corrected chi connectivity index (χ4v) is 3.14. The fraction of sp³-hybridized carbons (Fsp3) is 0.929. The molecule has 2 rings (SSSR count). The van der Waals surface area contributed by atoms with Crippen molar-refractivity contribution < 1.29 is 31.8 Å². The van der Waals surface area contributed by atoms with Crippen molar-refractivity contribution in [2.45, 2.75) is 56.5 Å². The van der Waals surface area contributed by atoms with Gasteiger partial charge in [-0.3, -0.25) is 4.79 Å². The van der Waals surface area contributed by atoms with Crippen LogP contribution in [0.3, 0.4) is 0 Å². The van der Waals surface area contributed by atoms with E-state index < -0.39 is 25.6 Å². The molecule has 0 aromatic carbocycles. The topological polar surface area (TPSA) is 35.5 Å². The van der Waals surface area contributed by atoms with Gasteiger partial charge in [-0.2, -0.15) is 8.78 Å². The van der Waals surface area contributed by atoms with Crippen molar-refractivity contribution in [3.63, 3.8) is 0 Å². The lowest BCUT2D eigenvalue weighted by Crippen LogP contribution is -2.41. The Labute approximate surface area is 121 Å². The van der Waals surface area contributed by atoms with Gasteiger partial charge in [-0.25, -0.2) is 8.78 Å². The molecule has 0 N–H and O–H groups in total. The van der Waals surface area contributed by atoms with Gasteiger partial charge in [0.15, 0.2) is 5.78 Å². The number of carbonyl (C=O) groups is 1. The molecule has 1 unspecified atom stereocenters. The van der Waals surface area contributed by atoms with Gasteiger partial charge in [0.1, 0.15) is 13.2 Å². The minimum Gasteiger partial charge on any atom is -0.375 e. The predicted octanol–water partition coefficient (Wildman–Crippen LogP) is 3.21. The molecule has 2 fully saturated rings. The minimum absolute atomic E-state index is 0.245. The Morgan fingerprint density at radius 3 is 2.62 bits per heavy atom. The summed E-state index contributed by atoms with van der Waals surface area (Å²) in [4.78, 5) is 12.0. The van der Waals surface area contributed by atoms with Crippen LogP contribution in [0.5, 0.6) is 0 Å². The first kappa shape index (κ1) is 16.7. The van der Waals surface area contributed by atoms with Crippen molar-refractivity contribution in [1.29, 1.82) is 0 Å². The number of Topliss-reactive ketones (excluding diaryl/α,β-unsaturated/α-hetero) is 1. The number of carbonyl (C=O) groups excluding carboxylic acids is 1. The van der Waals surface area contributed by atoms with Gasteiger partial charge in [0.2, 0.25) is 0 Å². The van der Waals surface area contributed by atoms with Gasteiger partial charge in [0.25, 0.3) is 0 Å². The van der Waals surface area contributed by atoms with Crippen LogP contribution in [-0.2, 0) is 14.3 Å². The average Bonchev–Trinajstić information content (AvgIpc) is 2.86. The molecule has 1 saturated carbocycles. The third kappa shape index (κ3) is 4.16. The number of alkyl halides is 4. The number of hydrogen-bond donors (Lipinski definition) is 0. The van der Waals surface area contributed by atoms with E-state index in [0.717, 1.165) is 25.7 Å². The van der Waals surface area contributed by atoms with Gasteiger partial charge >= 0.3 is 12.3 Å². The maximum atomic E-state index is 12.7. The highest BCUT2D eigenvalue weighted by atomic mass is 19.3. The first-order chi connectivity index (χ1) is 9.85. The molecule has 1 atom stereocenters. The second-order valence-corrected chi connectivity index (χ2v) is 5.95. The Morgan fingerprint density at radius 1 is 1.33 bits per heavy atom. The van der Waals surface area contributed by atoms with Crippen LogP contribution in [0, 0.1) is 5.92 Å². The SMILES string of the molecule is O=C(COCC(F)(F)C(F)F)C1CCOC2(CCCC2)C1. The van der Waals surface area contributed by atoms with Crippen LogP contribution < -0.4 is 0 Å². The van der Waals surface area contributed by atoms with E-state index in [1.54, 1.807) is 0 Å². The largest absolute Gasteiger partial charge is 0.375 e. The van der Waals surface area contributed by atoms with E-state index in [2.05, 4.69) is 4.74 Å². The summed E-state index contributed by atoms with van der Waals surface area (Å²) in [6.07, 6.45) is 1.31. The van der Waals surface area contributed by atoms with E-state index in [0.29, 0.717) is 19.4 Å². The summed E-state index contributed by atoms with van der Waals surface area (Å²) in [6, 6.07) is 0. The van der Waals surface area contributed by atoms with Crippen molar-refractivity contribution in [2.24, 2.45) is 5.92 Å². The third-order valence-corrected chi connectivity index (χ3v) is 4.32. The molecule has 1 aliphatic carbocycles. The van der Waals surface area contributed by atoms with Crippen molar-refractivity contribution >= 4 is 5.78 Å². The monoisotopic (exact) mass is 312 g/mol. The van der Waals surface area contributed by atoms with Gasteiger partial charge < -0.3 is 9.47 Å². The van der Waals surface area contributed by atoms with E-state index in [-0.39, 0.29) is 17.3 Å². The smallest absolute Gasteiger partial charge is 0.330 e. The highest BCUT2D eigenvalue weighted by molar-refractivity contribution is 5.82. The van der Waals surface area contributed by atoms with Crippen LogP contribution in [0.4, 0.5) is 17.6 Å². The lowest BCUT2D eigenvalue weighted by atomic mass is 9.82. The molecule has 7 heteroatoms. The average molecular weight is 312 g/mol. The molecule has 0 bridgehead atoms. The van der Waals surface area contributed by atoms with Crippen LogP contribution in [0.15, 0.2) is 0 Å². The molecule has 0 aromatic heterocycles. The summed E-state index contributed by atoms with van der Waals surface area (Å²) in [6.45, 7) is -1.49. The number of halogens is 4. The molecule has 2 aliphatic rings. The number of ether oxygens (including phenoxy) is 2. The Hall–Kier alpha value is -0.690.